The van der Waals surface area contributed by atoms with Crippen LogP contribution in [-0.2, 0) is 33.3 Å². The Kier molecular flexibility index (Phi) is 8.64. The number of ether oxygens (including phenoxy) is 2. The van der Waals surface area contributed by atoms with Crippen LogP contribution in [0.1, 0.15) is 62.9 Å². The average Bonchev–Trinajstić information content (AvgIpc) is 3.01. The van der Waals surface area contributed by atoms with E-state index in [-0.39, 0.29) is 5.56 Å². The van der Waals surface area contributed by atoms with Gasteiger partial charge in [-0.1, -0.05) is 12.5 Å². The second kappa shape index (κ2) is 11.2. The number of rotatable bonds is 7. The van der Waals surface area contributed by atoms with Gasteiger partial charge in [-0.3, -0.25) is 4.79 Å². The summed E-state index contributed by atoms with van der Waals surface area (Å²) in [7, 11) is 1.05. The standard InChI is InChI=1S/C24H24F6N2O5S/c1-3-37-21(35)22(24(28,29)30,31-18(33)13-8-7-9-14(12-13)23(25,26)27)32-19-17(20(34)36-2)15-10-5-4-6-11-16(15)38-19/h7-9,12,32H,3-6,10-11H2,1-2H3,(H,31,33)/t22-/m1/s1. The van der Waals surface area contributed by atoms with Gasteiger partial charge in [-0.25, -0.2) is 9.59 Å². The molecular weight excluding hydrogens is 542 g/mol. The maximum Gasteiger partial charge on any atom is 0.441 e. The van der Waals surface area contributed by atoms with Gasteiger partial charge in [0.1, 0.15) is 5.00 Å². The van der Waals surface area contributed by atoms with Crippen LogP contribution in [0.5, 0.6) is 0 Å². The molecule has 0 spiro atoms. The van der Waals surface area contributed by atoms with Gasteiger partial charge in [-0.15, -0.1) is 11.3 Å². The molecule has 3 rings (SSSR count). The number of fused-ring (bicyclic) bond motifs is 1. The highest BCUT2D eigenvalue weighted by Gasteiger charge is 2.64. The molecule has 0 bridgehead atoms. The predicted octanol–water partition coefficient (Wildman–Crippen LogP) is 5.49. The molecule has 2 aromatic rings. The first-order chi connectivity index (χ1) is 17.7. The number of hydrogen-bond acceptors (Lipinski definition) is 7. The summed E-state index contributed by atoms with van der Waals surface area (Å²) in [6.45, 7) is 0.726. The van der Waals surface area contributed by atoms with Crippen LogP contribution in [0.15, 0.2) is 24.3 Å². The van der Waals surface area contributed by atoms with Gasteiger partial charge in [0.05, 0.1) is 24.8 Å². The van der Waals surface area contributed by atoms with Crippen molar-refractivity contribution in [3.05, 3.63) is 51.4 Å². The van der Waals surface area contributed by atoms with Gasteiger partial charge in [0.15, 0.2) is 0 Å². The zero-order chi connectivity index (χ0) is 28.3. The van der Waals surface area contributed by atoms with Crippen molar-refractivity contribution in [1.29, 1.82) is 0 Å². The normalized spacial score (nSPS) is 15.5. The summed E-state index contributed by atoms with van der Waals surface area (Å²) in [5, 5.41) is 3.11. The Labute approximate surface area is 217 Å². The summed E-state index contributed by atoms with van der Waals surface area (Å²) in [5.41, 5.74) is -5.73. The van der Waals surface area contributed by atoms with Gasteiger partial charge in [0.25, 0.3) is 5.91 Å². The van der Waals surface area contributed by atoms with Crippen molar-refractivity contribution in [2.24, 2.45) is 0 Å². The second-order valence-corrected chi connectivity index (χ2v) is 9.49. The van der Waals surface area contributed by atoms with Crippen molar-refractivity contribution in [3.8, 4) is 0 Å². The SMILES string of the molecule is CCOC(=O)[C@@](NC(=O)c1cccc(C(F)(F)F)c1)(Nc1sc2c(c1C(=O)OC)CCCCC2)C(F)(F)F. The highest BCUT2D eigenvalue weighted by molar-refractivity contribution is 7.16. The lowest BCUT2D eigenvalue weighted by Crippen LogP contribution is -2.69. The number of carbonyl (C=O) groups excluding carboxylic acids is 3. The van der Waals surface area contributed by atoms with E-state index >= 15 is 0 Å². The van der Waals surface area contributed by atoms with E-state index in [1.807, 2.05) is 5.32 Å². The minimum Gasteiger partial charge on any atom is -0.465 e. The van der Waals surface area contributed by atoms with Gasteiger partial charge in [-0.2, -0.15) is 26.3 Å². The first-order valence-electron chi connectivity index (χ1n) is 11.5. The Morgan fingerprint density at radius 2 is 1.71 bits per heavy atom. The lowest BCUT2D eigenvalue weighted by atomic mass is 10.0. The van der Waals surface area contributed by atoms with E-state index in [0.29, 0.717) is 41.8 Å². The zero-order valence-corrected chi connectivity index (χ0v) is 21.1. The molecule has 0 fully saturated rings. The molecule has 7 nitrogen and oxygen atoms in total. The number of anilines is 1. The molecule has 1 aliphatic carbocycles. The van der Waals surface area contributed by atoms with Gasteiger partial charge >= 0.3 is 30.0 Å². The van der Waals surface area contributed by atoms with Gasteiger partial charge in [0.2, 0.25) is 0 Å². The Hall–Kier alpha value is -3.29. The topological polar surface area (TPSA) is 93.7 Å². The van der Waals surface area contributed by atoms with Crippen LogP contribution >= 0.6 is 11.3 Å². The number of aryl methyl sites for hydroxylation is 1. The van der Waals surface area contributed by atoms with Gasteiger partial charge in [0, 0.05) is 10.4 Å². The fraction of sp³-hybridized carbons (Fsp3) is 0.458. The number of methoxy groups -OCH3 is 1. The fourth-order valence-electron chi connectivity index (χ4n) is 4.03. The number of esters is 2. The highest BCUT2D eigenvalue weighted by Crippen LogP contribution is 2.42. The Morgan fingerprint density at radius 3 is 2.32 bits per heavy atom. The van der Waals surface area contributed by atoms with Crippen molar-refractivity contribution in [2.75, 3.05) is 19.0 Å². The van der Waals surface area contributed by atoms with Crippen LogP contribution < -0.4 is 10.6 Å². The van der Waals surface area contributed by atoms with Crippen LogP contribution in [0.3, 0.4) is 0 Å². The van der Waals surface area contributed by atoms with Crippen LogP contribution in [-0.4, -0.2) is 43.4 Å². The number of hydrogen-bond donors (Lipinski definition) is 2. The number of thiophene rings is 1. The molecule has 38 heavy (non-hydrogen) atoms. The number of alkyl halides is 6. The summed E-state index contributed by atoms with van der Waals surface area (Å²) in [5.74, 6) is -4.55. The second-order valence-electron chi connectivity index (χ2n) is 8.39. The monoisotopic (exact) mass is 566 g/mol. The van der Waals surface area contributed by atoms with E-state index in [1.165, 1.54) is 12.2 Å². The molecule has 208 valence electrons. The summed E-state index contributed by atoms with van der Waals surface area (Å²) >= 11 is 0.806. The first-order valence-corrected chi connectivity index (χ1v) is 12.3. The molecule has 1 aromatic heterocycles. The fourth-order valence-corrected chi connectivity index (χ4v) is 5.36. The van der Waals surface area contributed by atoms with Crippen molar-refractivity contribution < 1.29 is 50.2 Å². The number of benzene rings is 1. The van der Waals surface area contributed by atoms with E-state index < -0.39 is 58.6 Å². The summed E-state index contributed by atoms with van der Waals surface area (Å²) in [6, 6.07) is 2.70. The van der Waals surface area contributed by atoms with E-state index in [0.717, 1.165) is 43.4 Å². The number of nitrogens with one attached hydrogen (secondary N) is 2. The third-order valence-corrected chi connectivity index (χ3v) is 7.08. The Bertz CT molecular complexity index is 1210. The molecular formula is C24H24F6N2O5S. The van der Waals surface area contributed by atoms with Gasteiger partial charge in [-0.05, 0) is 56.4 Å². The van der Waals surface area contributed by atoms with E-state index in [9.17, 15) is 40.7 Å². The highest BCUT2D eigenvalue weighted by atomic mass is 32.1. The Morgan fingerprint density at radius 1 is 1.03 bits per heavy atom. The third kappa shape index (κ3) is 5.89. The molecule has 0 radical (unpaired) electrons. The molecule has 0 saturated heterocycles. The van der Waals surface area contributed by atoms with Crippen LogP contribution in [0.4, 0.5) is 31.3 Å². The van der Waals surface area contributed by atoms with E-state index in [2.05, 4.69) is 4.74 Å². The van der Waals surface area contributed by atoms with Crippen molar-refractivity contribution in [1.82, 2.24) is 5.32 Å². The third-order valence-electron chi connectivity index (χ3n) is 5.87. The molecule has 0 unspecified atom stereocenters. The van der Waals surface area contributed by atoms with Crippen molar-refractivity contribution >= 4 is 34.2 Å². The van der Waals surface area contributed by atoms with E-state index in [1.54, 1.807) is 0 Å². The molecule has 1 aromatic carbocycles. The molecule has 14 heteroatoms. The lowest BCUT2D eigenvalue weighted by molar-refractivity contribution is -0.204. The summed E-state index contributed by atoms with van der Waals surface area (Å²) < 4.78 is 92.8. The molecule has 1 heterocycles. The van der Waals surface area contributed by atoms with Crippen molar-refractivity contribution in [2.45, 2.75) is 57.0 Å². The van der Waals surface area contributed by atoms with Crippen LogP contribution in [0.2, 0.25) is 0 Å². The first kappa shape index (κ1) is 29.3. The number of halogens is 6. The smallest absolute Gasteiger partial charge is 0.441 e. The minimum atomic E-state index is -5.56. The maximum absolute atomic E-state index is 14.7. The molecule has 2 N–H and O–H groups in total. The predicted molar refractivity (Wildman–Crippen MR) is 125 cm³/mol. The van der Waals surface area contributed by atoms with Crippen LogP contribution in [0.25, 0.3) is 0 Å². The molecule has 0 aliphatic heterocycles. The molecule has 1 atom stereocenters. The quantitative estimate of drug-likeness (QED) is 0.199. The number of amides is 1. The average molecular weight is 567 g/mol. The zero-order valence-electron chi connectivity index (χ0n) is 20.3. The van der Waals surface area contributed by atoms with E-state index in [4.69, 9.17) is 4.74 Å². The summed E-state index contributed by atoms with van der Waals surface area (Å²) in [4.78, 5) is 39.0. The molecule has 1 amide bonds. The minimum absolute atomic E-state index is 0.208. The number of carbonyl (C=O) groups is 3. The molecule has 1 aliphatic rings. The largest absolute Gasteiger partial charge is 0.465 e. The Balaban J connectivity index is 2.15. The maximum atomic E-state index is 14.7. The lowest BCUT2D eigenvalue weighted by Gasteiger charge is -2.35. The van der Waals surface area contributed by atoms with Crippen molar-refractivity contribution in [3.63, 3.8) is 0 Å². The van der Waals surface area contributed by atoms with Gasteiger partial charge < -0.3 is 20.1 Å². The summed E-state index contributed by atoms with van der Waals surface area (Å²) in [6.07, 6.45) is -7.35. The molecule has 0 saturated carbocycles. The van der Waals surface area contributed by atoms with Crippen LogP contribution in [0, 0.1) is 0 Å².